The van der Waals surface area contributed by atoms with Crippen LogP contribution in [0.5, 0.6) is 5.75 Å². The van der Waals surface area contributed by atoms with Crippen molar-refractivity contribution < 1.29 is 14.6 Å². The molecule has 1 aromatic carbocycles. The molecule has 1 aliphatic rings. The third-order valence-corrected chi connectivity index (χ3v) is 3.67. The largest absolute Gasteiger partial charge is 0.491 e. The summed E-state index contributed by atoms with van der Waals surface area (Å²) in [6.07, 6.45) is 0.361. The van der Waals surface area contributed by atoms with Gasteiger partial charge in [-0.15, -0.1) is 0 Å². The lowest BCUT2D eigenvalue weighted by atomic mass is 10.0. The molecule has 0 saturated carbocycles. The van der Waals surface area contributed by atoms with Gasteiger partial charge in [0.05, 0.1) is 12.7 Å². The summed E-state index contributed by atoms with van der Waals surface area (Å²) >= 11 is 0. The third kappa shape index (κ3) is 4.43. The molecule has 2 unspecified atom stereocenters. The molecule has 1 aliphatic heterocycles. The first-order valence-corrected chi connectivity index (χ1v) is 7.89. The van der Waals surface area contributed by atoms with Crippen LogP contribution in [0.15, 0.2) is 24.3 Å². The van der Waals surface area contributed by atoms with Crippen molar-refractivity contribution in [2.75, 3.05) is 26.2 Å². The highest BCUT2D eigenvalue weighted by Crippen LogP contribution is 2.30. The topological polar surface area (TPSA) is 41.9 Å². The van der Waals surface area contributed by atoms with Crippen molar-refractivity contribution in [2.45, 2.75) is 45.5 Å². The third-order valence-electron chi connectivity index (χ3n) is 3.67. The van der Waals surface area contributed by atoms with E-state index in [-0.39, 0.29) is 12.2 Å². The van der Waals surface area contributed by atoms with Crippen molar-refractivity contribution in [3.8, 4) is 5.75 Å². The summed E-state index contributed by atoms with van der Waals surface area (Å²) in [4.78, 5) is 2.35. The molecule has 0 aromatic heterocycles. The first-order chi connectivity index (χ1) is 10.1. The zero-order chi connectivity index (χ0) is 15.2. The van der Waals surface area contributed by atoms with Gasteiger partial charge in [-0.3, -0.25) is 4.90 Å². The van der Waals surface area contributed by atoms with Gasteiger partial charge in [-0.05, 0) is 32.9 Å². The van der Waals surface area contributed by atoms with Crippen LogP contribution in [-0.2, 0) is 4.74 Å². The summed E-state index contributed by atoms with van der Waals surface area (Å²) in [5.74, 6) is 0.746. The van der Waals surface area contributed by atoms with Crippen molar-refractivity contribution in [1.29, 1.82) is 0 Å². The number of hydrogen-bond acceptors (Lipinski definition) is 4. The summed E-state index contributed by atoms with van der Waals surface area (Å²) < 4.78 is 11.6. The van der Waals surface area contributed by atoms with Crippen molar-refractivity contribution in [3.63, 3.8) is 0 Å². The lowest BCUT2D eigenvalue weighted by Crippen LogP contribution is -2.45. The molecule has 1 heterocycles. The Balaban J connectivity index is 2.10. The van der Waals surface area contributed by atoms with Gasteiger partial charge in [0.2, 0.25) is 0 Å². The second-order valence-electron chi connectivity index (χ2n) is 5.86. The van der Waals surface area contributed by atoms with Crippen LogP contribution in [-0.4, -0.2) is 48.5 Å². The molecule has 118 valence electrons. The van der Waals surface area contributed by atoms with Gasteiger partial charge in [-0.25, -0.2) is 0 Å². The van der Waals surface area contributed by atoms with Crippen molar-refractivity contribution in [2.24, 2.45) is 0 Å². The Morgan fingerprint density at radius 3 is 2.86 bits per heavy atom. The fraction of sp³-hybridized carbons (Fsp3) is 0.647. The van der Waals surface area contributed by atoms with Crippen LogP contribution >= 0.6 is 0 Å². The number of rotatable bonds is 6. The van der Waals surface area contributed by atoms with Gasteiger partial charge in [-0.2, -0.15) is 0 Å². The van der Waals surface area contributed by atoms with E-state index in [2.05, 4.69) is 11.8 Å². The molecule has 2 rings (SSSR count). The quantitative estimate of drug-likeness (QED) is 0.875. The Bertz CT molecular complexity index is 434. The van der Waals surface area contributed by atoms with E-state index in [1.54, 1.807) is 0 Å². The van der Waals surface area contributed by atoms with Crippen molar-refractivity contribution in [3.05, 3.63) is 29.8 Å². The van der Waals surface area contributed by atoms with E-state index in [0.29, 0.717) is 6.61 Å². The van der Waals surface area contributed by atoms with E-state index in [4.69, 9.17) is 9.47 Å². The standard InChI is InChI=1S/C17H27NO3/c1-4-9-18-10-11-20-16(12-18)17(19)14-7-5-6-8-15(14)21-13(2)3/h5-8,13,16-17,19H,4,9-12H2,1-3H3. The maximum absolute atomic E-state index is 10.7. The lowest BCUT2D eigenvalue weighted by Gasteiger charge is -2.35. The van der Waals surface area contributed by atoms with E-state index in [1.807, 2.05) is 38.1 Å². The van der Waals surface area contributed by atoms with E-state index in [0.717, 1.165) is 37.4 Å². The molecule has 0 spiro atoms. The van der Waals surface area contributed by atoms with Gasteiger partial charge in [0, 0.05) is 18.7 Å². The molecule has 0 amide bonds. The van der Waals surface area contributed by atoms with Gasteiger partial charge < -0.3 is 14.6 Å². The summed E-state index contributed by atoms with van der Waals surface area (Å²) in [6.45, 7) is 9.59. The van der Waals surface area contributed by atoms with Gasteiger partial charge in [0.15, 0.2) is 0 Å². The van der Waals surface area contributed by atoms with Crippen LogP contribution in [0.4, 0.5) is 0 Å². The zero-order valence-corrected chi connectivity index (χ0v) is 13.3. The van der Waals surface area contributed by atoms with Crippen LogP contribution in [0.25, 0.3) is 0 Å². The molecule has 2 atom stereocenters. The Kier molecular flexibility index (Phi) is 6.03. The molecule has 1 fully saturated rings. The summed E-state index contributed by atoms with van der Waals surface area (Å²) in [6, 6.07) is 7.69. The minimum Gasteiger partial charge on any atom is -0.491 e. The average Bonchev–Trinajstić information content (AvgIpc) is 2.47. The number of aliphatic hydroxyl groups is 1. The minimum atomic E-state index is -0.653. The Morgan fingerprint density at radius 2 is 2.14 bits per heavy atom. The highest BCUT2D eigenvalue weighted by atomic mass is 16.5. The van der Waals surface area contributed by atoms with Crippen LogP contribution in [0.1, 0.15) is 38.9 Å². The summed E-state index contributed by atoms with van der Waals surface area (Å²) in [5.41, 5.74) is 0.814. The molecule has 1 aromatic rings. The first-order valence-electron chi connectivity index (χ1n) is 7.89. The van der Waals surface area contributed by atoms with Gasteiger partial charge in [-0.1, -0.05) is 25.1 Å². The molecule has 1 N–H and O–H groups in total. The summed E-state index contributed by atoms with van der Waals surface area (Å²) in [7, 11) is 0. The van der Waals surface area contributed by atoms with Crippen LogP contribution in [0, 0.1) is 0 Å². The maximum atomic E-state index is 10.7. The highest BCUT2D eigenvalue weighted by Gasteiger charge is 2.29. The summed E-state index contributed by atoms with van der Waals surface area (Å²) in [5, 5.41) is 10.7. The fourth-order valence-corrected chi connectivity index (χ4v) is 2.73. The molecule has 4 nitrogen and oxygen atoms in total. The Labute approximate surface area is 127 Å². The monoisotopic (exact) mass is 293 g/mol. The van der Waals surface area contributed by atoms with E-state index in [1.165, 1.54) is 0 Å². The maximum Gasteiger partial charge on any atom is 0.125 e. The molecule has 0 bridgehead atoms. The number of aliphatic hydroxyl groups excluding tert-OH is 1. The SMILES string of the molecule is CCCN1CCOC(C(O)c2ccccc2OC(C)C)C1. The number of morpholine rings is 1. The fourth-order valence-electron chi connectivity index (χ4n) is 2.73. The molecular weight excluding hydrogens is 266 g/mol. The number of para-hydroxylation sites is 1. The van der Waals surface area contributed by atoms with Crippen molar-refractivity contribution >= 4 is 0 Å². The second kappa shape index (κ2) is 7.78. The first kappa shape index (κ1) is 16.3. The highest BCUT2D eigenvalue weighted by molar-refractivity contribution is 5.36. The molecule has 1 saturated heterocycles. The minimum absolute atomic E-state index is 0.0854. The van der Waals surface area contributed by atoms with Crippen molar-refractivity contribution in [1.82, 2.24) is 4.90 Å². The van der Waals surface area contributed by atoms with Crippen LogP contribution < -0.4 is 4.74 Å². The Morgan fingerprint density at radius 1 is 1.38 bits per heavy atom. The van der Waals surface area contributed by atoms with Gasteiger partial charge >= 0.3 is 0 Å². The normalized spacial score (nSPS) is 21.5. The lowest BCUT2D eigenvalue weighted by molar-refractivity contribution is -0.0905. The second-order valence-corrected chi connectivity index (χ2v) is 5.86. The number of benzene rings is 1. The Hall–Kier alpha value is -1.10. The van der Waals surface area contributed by atoms with Gasteiger partial charge in [0.25, 0.3) is 0 Å². The number of hydrogen-bond donors (Lipinski definition) is 1. The van der Waals surface area contributed by atoms with E-state index < -0.39 is 6.10 Å². The predicted molar refractivity (Wildman–Crippen MR) is 83.6 cm³/mol. The molecule has 21 heavy (non-hydrogen) atoms. The number of nitrogens with zero attached hydrogens (tertiary/aromatic N) is 1. The zero-order valence-electron chi connectivity index (χ0n) is 13.3. The van der Waals surface area contributed by atoms with Crippen LogP contribution in [0.2, 0.25) is 0 Å². The predicted octanol–water partition coefficient (Wildman–Crippen LogP) is 2.62. The van der Waals surface area contributed by atoms with E-state index >= 15 is 0 Å². The van der Waals surface area contributed by atoms with Gasteiger partial charge in [0.1, 0.15) is 18.0 Å². The molecule has 0 aliphatic carbocycles. The molecule has 0 radical (unpaired) electrons. The molecule has 4 heteroatoms. The molecular formula is C17H27NO3. The van der Waals surface area contributed by atoms with Crippen LogP contribution in [0.3, 0.4) is 0 Å². The smallest absolute Gasteiger partial charge is 0.125 e. The number of ether oxygens (including phenoxy) is 2. The van der Waals surface area contributed by atoms with E-state index in [9.17, 15) is 5.11 Å². The average molecular weight is 293 g/mol.